The Morgan fingerprint density at radius 2 is 1.57 bits per heavy atom. The van der Waals surface area contributed by atoms with Gasteiger partial charge in [-0.15, -0.1) is 0 Å². The van der Waals surface area contributed by atoms with Crippen LogP contribution in [0.25, 0.3) is 0 Å². The van der Waals surface area contributed by atoms with Crippen LogP contribution in [0.15, 0.2) is 0 Å². The van der Waals surface area contributed by atoms with Gasteiger partial charge in [0.1, 0.15) is 5.60 Å². The van der Waals surface area contributed by atoms with Crippen LogP contribution >= 0.6 is 0 Å². The lowest BCUT2D eigenvalue weighted by Crippen LogP contribution is -2.66. The van der Waals surface area contributed by atoms with Gasteiger partial charge in [0.05, 0.1) is 11.0 Å². The smallest absolute Gasteiger partial charge is 0.312 e. The van der Waals surface area contributed by atoms with E-state index in [9.17, 15) is 9.90 Å². The molecule has 0 aromatic heterocycles. The Balaban J connectivity index is 1.90. The number of esters is 1. The number of carbonyl (C=O) groups is 1. The molecule has 21 heavy (non-hydrogen) atoms. The average molecular weight is 294 g/mol. The highest BCUT2D eigenvalue weighted by atomic mass is 16.6. The summed E-state index contributed by atoms with van der Waals surface area (Å²) in [6, 6.07) is 0. The van der Waals surface area contributed by atoms with E-state index in [0.29, 0.717) is 6.42 Å². The van der Waals surface area contributed by atoms with Crippen molar-refractivity contribution in [2.75, 3.05) is 0 Å². The first kappa shape index (κ1) is 15.3. The molecule has 0 saturated heterocycles. The van der Waals surface area contributed by atoms with Gasteiger partial charge in [-0.1, -0.05) is 20.8 Å². The number of rotatable bonds is 3. The number of carbonyl (C=O) groups excluding carboxylic acids is 1. The molecule has 3 nitrogen and oxygen atoms in total. The fraction of sp³-hybridized carbons (Fsp3) is 0.944. The molecule has 0 aromatic rings. The summed E-state index contributed by atoms with van der Waals surface area (Å²) in [5.41, 5.74) is -1.26. The summed E-state index contributed by atoms with van der Waals surface area (Å²) in [4.78, 5) is 12.6. The number of hydrogen-bond acceptors (Lipinski definition) is 3. The maximum atomic E-state index is 12.6. The molecule has 0 amide bonds. The van der Waals surface area contributed by atoms with Gasteiger partial charge in [0.15, 0.2) is 0 Å². The summed E-state index contributed by atoms with van der Waals surface area (Å²) >= 11 is 0. The van der Waals surface area contributed by atoms with Gasteiger partial charge >= 0.3 is 5.97 Å². The molecule has 0 radical (unpaired) electrons. The SMILES string of the molecule is CCC(C)(C)C(=O)OC12CC3(C)CC(C)(CC(O)(C3)C1)C2. The van der Waals surface area contributed by atoms with Crippen molar-refractivity contribution in [1.82, 2.24) is 0 Å². The minimum absolute atomic E-state index is 0.0947. The van der Waals surface area contributed by atoms with Crippen LogP contribution < -0.4 is 0 Å². The molecule has 2 unspecified atom stereocenters. The van der Waals surface area contributed by atoms with Gasteiger partial charge in [0.25, 0.3) is 0 Å². The lowest BCUT2D eigenvalue weighted by Gasteiger charge is -2.67. The van der Waals surface area contributed by atoms with Gasteiger partial charge in [-0.05, 0) is 63.2 Å². The lowest BCUT2D eigenvalue weighted by atomic mass is 9.42. The Kier molecular flexibility index (Phi) is 2.95. The first-order valence-electron chi connectivity index (χ1n) is 8.39. The van der Waals surface area contributed by atoms with Crippen LogP contribution in [0.2, 0.25) is 0 Å². The minimum atomic E-state index is -0.630. The van der Waals surface area contributed by atoms with Crippen molar-refractivity contribution in [3.63, 3.8) is 0 Å². The van der Waals surface area contributed by atoms with Crippen molar-refractivity contribution in [2.45, 2.75) is 90.8 Å². The van der Waals surface area contributed by atoms with E-state index in [4.69, 9.17) is 4.74 Å². The van der Waals surface area contributed by atoms with Crippen molar-refractivity contribution >= 4 is 5.97 Å². The highest BCUT2D eigenvalue weighted by molar-refractivity contribution is 5.76. The molecule has 1 N–H and O–H groups in total. The fourth-order valence-electron chi connectivity index (χ4n) is 6.11. The van der Waals surface area contributed by atoms with Gasteiger partial charge < -0.3 is 9.84 Å². The fourth-order valence-corrected chi connectivity index (χ4v) is 6.11. The van der Waals surface area contributed by atoms with E-state index in [1.165, 1.54) is 0 Å². The third-order valence-corrected chi connectivity index (χ3v) is 6.26. The molecule has 0 heterocycles. The van der Waals surface area contributed by atoms with E-state index < -0.39 is 16.6 Å². The number of aliphatic hydroxyl groups is 1. The molecule has 4 rings (SSSR count). The Morgan fingerprint density at radius 3 is 2.00 bits per heavy atom. The number of ether oxygens (including phenoxy) is 1. The van der Waals surface area contributed by atoms with Gasteiger partial charge in [0, 0.05) is 6.42 Å². The zero-order chi connectivity index (χ0) is 15.7. The molecule has 4 aliphatic carbocycles. The molecule has 4 fully saturated rings. The van der Waals surface area contributed by atoms with E-state index in [-0.39, 0.29) is 16.8 Å². The second-order valence-electron chi connectivity index (χ2n) is 9.72. The molecular formula is C18H30O3. The quantitative estimate of drug-likeness (QED) is 0.805. The molecule has 3 heteroatoms. The molecule has 4 saturated carbocycles. The van der Waals surface area contributed by atoms with E-state index in [0.717, 1.165) is 38.5 Å². The van der Waals surface area contributed by atoms with E-state index in [2.05, 4.69) is 13.8 Å². The summed E-state index contributed by atoms with van der Waals surface area (Å²) in [6.07, 6.45) is 6.14. The van der Waals surface area contributed by atoms with Crippen molar-refractivity contribution in [3.05, 3.63) is 0 Å². The van der Waals surface area contributed by atoms with Crippen molar-refractivity contribution in [2.24, 2.45) is 16.2 Å². The zero-order valence-corrected chi connectivity index (χ0v) is 14.2. The lowest BCUT2D eigenvalue weighted by molar-refractivity contribution is -0.263. The predicted molar refractivity (Wildman–Crippen MR) is 81.8 cm³/mol. The average Bonchev–Trinajstić information content (AvgIpc) is 2.21. The van der Waals surface area contributed by atoms with Crippen LogP contribution in [-0.4, -0.2) is 22.3 Å². The maximum Gasteiger partial charge on any atom is 0.312 e. The largest absolute Gasteiger partial charge is 0.459 e. The van der Waals surface area contributed by atoms with Crippen molar-refractivity contribution in [3.8, 4) is 0 Å². The highest BCUT2D eigenvalue weighted by Crippen LogP contribution is 2.68. The molecule has 0 spiro atoms. The molecule has 0 aromatic carbocycles. The van der Waals surface area contributed by atoms with E-state index in [1.807, 2.05) is 20.8 Å². The van der Waals surface area contributed by atoms with E-state index in [1.54, 1.807) is 0 Å². The normalized spacial score (nSPS) is 48.5. The Hall–Kier alpha value is -0.570. The second-order valence-corrected chi connectivity index (χ2v) is 9.72. The maximum absolute atomic E-state index is 12.6. The standard InChI is InChI=1S/C18H30O3/c1-6-14(2,3)13(19)21-18-10-15(4)7-16(5,11-18)9-17(20,8-15)12-18/h20H,6-12H2,1-5H3. The van der Waals surface area contributed by atoms with Gasteiger partial charge in [-0.3, -0.25) is 4.79 Å². The Bertz CT molecular complexity index is 425. The first-order chi connectivity index (χ1) is 9.43. The first-order valence-corrected chi connectivity index (χ1v) is 8.39. The molecule has 120 valence electrons. The summed E-state index contributed by atoms with van der Waals surface area (Å²) < 4.78 is 6.10. The molecule has 0 aliphatic heterocycles. The van der Waals surface area contributed by atoms with Crippen LogP contribution in [0.5, 0.6) is 0 Å². The highest BCUT2D eigenvalue weighted by Gasteiger charge is 2.67. The van der Waals surface area contributed by atoms with Crippen molar-refractivity contribution in [1.29, 1.82) is 0 Å². The summed E-state index contributed by atoms with van der Waals surface area (Å²) in [6.45, 7) is 10.5. The Morgan fingerprint density at radius 1 is 1.05 bits per heavy atom. The van der Waals surface area contributed by atoms with Gasteiger partial charge in [0.2, 0.25) is 0 Å². The van der Waals surface area contributed by atoms with Crippen molar-refractivity contribution < 1.29 is 14.6 Å². The van der Waals surface area contributed by atoms with Crippen LogP contribution in [0, 0.1) is 16.2 Å². The molecule has 2 atom stereocenters. The van der Waals surface area contributed by atoms with Crippen LogP contribution in [0.4, 0.5) is 0 Å². The third kappa shape index (κ3) is 2.42. The summed E-state index contributed by atoms with van der Waals surface area (Å²) in [7, 11) is 0. The minimum Gasteiger partial charge on any atom is -0.459 e. The summed E-state index contributed by atoms with van der Waals surface area (Å²) in [5.74, 6) is -0.0947. The van der Waals surface area contributed by atoms with Gasteiger partial charge in [-0.2, -0.15) is 0 Å². The second kappa shape index (κ2) is 4.04. The summed E-state index contributed by atoms with van der Waals surface area (Å²) in [5, 5.41) is 11.0. The van der Waals surface area contributed by atoms with E-state index >= 15 is 0 Å². The molecule has 4 bridgehead atoms. The monoisotopic (exact) mass is 294 g/mol. The third-order valence-electron chi connectivity index (χ3n) is 6.26. The topological polar surface area (TPSA) is 46.5 Å². The Labute approximate surface area is 128 Å². The van der Waals surface area contributed by atoms with Gasteiger partial charge in [-0.25, -0.2) is 0 Å². The van der Waals surface area contributed by atoms with Crippen LogP contribution in [-0.2, 0) is 9.53 Å². The number of hydrogen-bond donors (Lipinski definition) is 1. The predicted octanol–water partition coefficient (Wildman–Crippen LogP) is 3.83. The molecular weight excluding hydrogens is 264 g/mol. The van der Waals surface area contributed by atoms with Crippen LogP contribution in [0.3, 0.4) is 0 Å². The van der Waals surface area contributed by atoms with Crippen LogP contribution in [0.1, 0.15) is 79.6 Å². The molecule has 4 aliphatic rings. The zero-order valence-electron chi connectivity index (χ0n) is 14.2.